The van der Waals surface area contributed by atoms with Crippen molar-refractivity contribution >= 4 is 22.4 Å². The van der Waals surface area contributed by atoms with Crippen LogP contribution in [-0.4, -0.2) is 27.8 Å². The highest BCUT2D eigenvalue weighted by Crippen LogP contribution is 2.07. The van der Waals surface area contributed by atoms with Gasteiger partial charge in [-0.1, -0.05) is 11.3 Å². The molecule has 1 rings (SSSR count). The summed E-state index contributed by atoms with van der Waals surface area (Å²) in [5.74, 6) is -0.246. The van der Waals surface area contributed by atoms with Gasteiger partial charge in [0.05, 0.1) is 13.0 Å². The zero-order chi connectivity index (χ0) is 8.10. The summed E-state index contributed by atoms with van der Waals surface area (Å²) in [7, 11) is 0. The normalized spacial score (nSPS) is 9.55. The van der Waals surface area contributed by atoms with Gasteiger partial charge in [-0.2, -0.15) is 0 Å². The first kappa shape index (κ1) is 8.09. The summed E-state index contributed by atoms with van der Waals surface area (Å²) in [4.78, 5) is 10.8. The Balaban J connectivity index is 2.37. The summed E-state index contributed by atoms with van der Waals surface area (Å²) in [5, 5.41) is 18.4. The molecule has 0 bridgehead atoms. The summed E-state index contributed by atoms with van der Waals surface area (Å²) < 4.78 is 0. The monoisotopic (exact) mass is 173 g/mol. The van der Waals surface area contributed by atoms with E-state index in [1.807, 2.05) is 0 Å². The molecule has 6 heteroatoms. The van der Waals surface area contributed by atoms with Crippen molar-refractivity contribution in [2.75, 3.05) is 11.9 Å². The van der Waals surface area contributed by atoms with Gasteiger partial charge >= 0.3 is 0 Å². The number of nitrogens with one attached hydrogen (secondary N) is 1. The Kier molecular flexibility index (Phi) is 2.94. The van der Waals surface area contributed by atoms with E-state index < -0.39 is 0 Å². The lowest BCUT2D eigenvalue weighted by Gasteiger charge is -1.95. The second-order valence-electron chi connectivity index (χ2n) is 1.77. The average molecular weight is 173 g/mol. The highest BCUT2D eigenvalue weighted by Gasteiger charge is 2.02. The Labute approximate surface area is 67.1 Å². The van der Waals surface area contributed by atoms with Crippen molar-refractivity contribution in [1.29, 1.82) is 0 Å². The summed E-state index contributed by atoms with van der Waals surface area (Å²) >= 11 is 1.24. The van der Waals surface area contributed by atoms with Gasteiger partial charge in [0.1, 0.15) is 5.51 Å². The molecule has 0 aromatic carbocycles. The lowest BCUT2D eigenvalue weighted by atomic mass is 10.4. The molecule has 0 saturated carbocycles. The first-order valence-electron chi connectivity index (χ1n) is 3.00. The largest absolute Gasteiger partial charge is 0.396 e. The van der Waals surface area contributed by atoms with E-state index in [0.717, 1.165) is 0 Å². The highest BCUT2D eigenvalue weighted by molar-refractivity contribution is 7.13. The number of rotatable bonds is 3. The Bertz CT molecular complexity index is 224. The van der Waals surface area contributed by atoms with Crippen LogP contribution in [0.4, 0.5) is 5.13 Å². The average Bonchev–Trinajstić information content (AvgIpc) is 2.40. The van der Waals surface area contributed by atoms with Gasteiger partial charge in [0, 0.05) is 0 Å². The van der Waals surface area contributed by atoms with Crippen molar-refractivity contribution in [2.45, 2.75) is 6.42 Å². The summed E-state index contributed by atoms with van der Waals surface area (Å²) in [5.41, 5.74) is 1.52. The molecule has 0 saturated heterocycles. The molecule has 2 N–H and O–H groups in total. The van der Waals surface area contributed by atoms with E-state index in [9.17, 15) is 4.79 Å². The van der Waals surface area contributed by atoms with E-state index in [1.165, 1.54) is 16.8 Å². The fraction of sp³-hybridized carbons (Fsp3) is 0.400. The van der Waals surface area contributed by atoms with Crippen LogP contribution in [0.25, 0.3) is 0 Å². The zero-order valence-corrected chi connectivity index (χ0v) is 6.47. The van der Waals surface area contributed by atoms with E-state index in [1.54, 1.807) is 0 Å². The predicted molar refractivity (Wildman–Crippen MR) is 40.2 cm³/mol. The third-order valence-corrected chi connectivity index (χ3v) is 1.55. The van der Waals surface area contributed by atoms with Gasteiger partial charge in [-0.3, -0.25) is 4.79 Å². The second-order valence-corrected chi connectivity index (χ2v) is 2.60. The molecule has 0 unspecified atom stereocenters. The van der Waals surface area contributed by atoms with Gasteiger partial charge in [-0.05, 0) is 0 Å². The number of amides is 1. The van der Waals surface area contributed by atoms with E-state index >= 15 is 0 Å². The van der Waals surface area contributed by atoms with Crippen LogP contribution in [-0.2, 0) is 4.79 Å². The fourth-order valence-electron chi connectivity index (χ4n) is 0.511. The Morgan fingerprint density at radius 3 is 3.18 bits per heavy atom. The molecule has 0 aliphatic heterocycles. The molecule has 0 atom stereocenters. The quantitative estimate of drug-likeness (QED) is 0.667. The van der Waals surface area contributed by atoms with Crippen molar-refractivity contribution in [3.05, 3.63) is 5.51 Å². The third-order valence-electron chi connectivity index (χ3n) is 0.945. The molecule has 0 spiro atoms. The summed E-state index contributed by atoms with van der Waals surface area (Å²) in [6.07, 6.45) is 0.0968. The number of aromatic nitrogens is 2. The van der Waals surface area contributed by atoms with Crippen molar-refractivity contribution in [1.82, 2.24) is 10.2 Å². The summed E-state index contributed by atoms with van der Waals surface area (Å²) in [6, 6.07) is 0. The predicted octanol–water partition coefficient (Wildman–Crippen LogP) is -0.141. The van der Waals surface area contributed by atoms with Gasteiger partial charge < -0.3 is 10.4 Å². The van der Waals surface area contributed by atoms with E-state index in [4.69, 9.17) is 5.11 Å². The van der Waals surface area contributed by atoms with E-state index in [2.05, 4.69) is 15.5 Å². The van der Waals surface area contributed by atoms with Crippen LogP contribution in [0.15, 0.2) is 5.51 Å². The van der Waals surface area contributed by atoms with Crippen LogP contribution in [0.1, 0.15) is 6.42 Å². The number of nitrogens with zero attached hydrogens (tertiary/aromatic N) is 2. The van der Waals surface area contributed by atoms with Crippen LogP contribution < -0.4 is 5.32 Å². The smallest absolute Gasteiger partial charge is 0.228 e. The number of aliphatic hydroxyl groups is 1. The Hall–Kier alpha value is -1.01. The number of aliphatic hydroxyl groups excluding tert-OH is 1. The number of hydrogen-bond donors (Lipinski definition) is 2. The highest BCUT2D eigenvalue weighted by atomic mass is 32.1. The summed E-state index contributed by atoms with van der Waals surface area (Å²) in [6.45, 7) is -0.148. The van der Waals surface area contributed by atoms with E-state index in [0.29, 0.717) is 5.13 Å². The molecule has 0 fully saturated rings. The maximum Gasteiger partial charge on any atom is 0.228 e. The maximum atomic E-state index is 10.8. The van der Waals surface area contributed by atoms with Crippen molar-refractivity contribution in [3.8, 4) is 0 Å². The Morgan fingerprint density at radius 1 is 1.82 bits per heavy atom. The van der Waals surface area contributed by atoms with Crippen LogP contribution in [0, 0.1) is 0 Å². The number of hydrogen-bond acceptors (Lipinski definition) is 5. The number of carbonyl (C=O) groups excluding carboxylic acids is 1. The molecule has 1 heterocycles. The standard InChI is InChI=1S/C5H7N3O2S/c9-2-1-4(10)7-5-8-6-3-11-5/h3,9H,1-2H2,(H,7,8,10). The first-order chi connectivity index (χ1) is 5.33. The van der Waals surface area contributed by atoms with Gasteiger partial charge in [-0.15, -0.1) is 10.2 Å². The van der Waals surface area contributed by atoms with Crippen molar-refractivity contribution in [2.24, 2.45) is 0 Å². The number of anilines is 1. The van der Waals surface area contributed by atoms with Gasteiger partial charge in [0.2, 0.25) is 11.0 Å². The molecule has 5 nitrogen and oxygen atoms in total. The first-order valence-corrected chi connectivity index (χ1v) is 3.88. The lowest BCUT2D eigenvalue weighted by Crippen LogP contribution is -2.12. The van der Waals surface area contributed by atoms with Crippen molar-refractivity contribution in [3.63, 3.8) is 0 Å². The van der Waals surface area contributed by atoms with Crippen LogP contribution in [0.5, 0.6) is 0 Å². The minimum Gasteiger partial charge on any atom is -0.396 e. The maximum absolute atomic E-state index is 10.8. The van der Waals surface area contributed by atoms with Crippen LogP contribution in [0.3, 0.4) is 0 Å². The molecule has 1 aromatic heterocycles. The lowest BCUT2D eigenvalue weighted by molar-refractivity contribution is -0.116. The minimum atomic E-state index is -0.246. The van der Waals surface area contributed by atoms with Gasteiger partial charge in [0.15, 0.2) is 0 Å². The molecule has 60 valence electrons. The third kappa shape index (κ3) is 2.60. The van der Waals surface area contributed by atoms with Gasteiger partial charge in [-0.25, -0.2) is 0 Å². The van der Waals surface area contributed by atoms with Crippen LogP contribution in [0.2, 0.25) is 0 Å². The molecule has 0 radical (unpaired) electrons. The van der Waals surface area contributed by atoms with Crippen LogP contribution >= 0.6 is 11.3 Å². The van der Waals surface area contributed by atoms with E-state index in [-0.39, 0.29) is 18.9 Å². The minimum absolute atomic E-state index is 0.0968. The molecule has 11 heavy (non-hydrogen) atoms. The fourth-order valence-corrected chi connectivity index (χ4v) is 0.972. The molecule has 0 aliphatic rings. The molecular formula is C5H7N3O2S. The molecule has 1 aromatic rings. The molecule has 0 aliphatic carbocycles. The molecule has 1 amide bonds. The molecular weight excluding hydrogens is 166 g/mol. The topological polar surface area (TPSA) is 75.1 Å². The zero-order valence-electron chi connectivity index (χ0n) is 5.65. The number of carbonyl (C=O) groups is 1. The Morgan fingerprint density at radius 2 is 2.64 bits per heavy atom. The van der Waals surface area contributed by atoms with Crippen molar-refractivity contribution < 1.29 is 9.90 Å². The SMILES string of the molecule is O=C(CCO)Nc1nncs1. The van der Waals surface area contributed by atoms with Gasteiger partial charge in [0.25, 0.3) is 0 Å². The second kappa shape index (κ2) is 3.99.